The fourth-order valence-corrected chi connectivity index (χ4v) is 9.93. The van der Waals surface area contributed by atoms with Crippen molar-refractivity contribution < 1.29 is 39.2 Å². The highest BCUT2D eigenvalue weighted by Crippen LogP contribution is 2.45. The van der Waals surface area contributed by atoms with Gasteiger partial charge in [-0.1, -0.05) is 108 Å². The third-order valence-electron chi connectivity index (χ3n) is 9.13. The van der Waals surface area contributed by atoms with Gasteiger partial charge >= 0.3 is 15.6 Å². The van der Waals surface area contributed by atoms with Crippen molar-refractivity contribution in [2.24, 2.45) is 0 Å². The van der Waals surface area contributed by atoms with Gasteiger partial charge in [-0.05, 0) is 42.3 Å². The molecule has 0 aliphatic rings. The molecule has 6 nitrogen and oxygen atoms in total. The fraction of sp³-hybridized carbons (Fsp3) is 0.529. The van der Waals surface area contributed by atoms with E-state index in [0.717, 1.165) is 0 Å². The first-order valence-corrected chi connectivity index (χ1v) is 24.8. The molecule has 0 aromatic heterocycles. The Morgan fingerprint density at radius 1 is 0.830 bits per heavy atom. The summed E-state index contributed by atoms with van der Waals surface area (Å²) in [5.41, 5.74) is -5.67. The van der Waals surface area contributed by atoms with Crippen molar-refractivity contribution in [3.05, 3.63) is 85.2 Å². The molecule has 2 aromatic rings. The Balaban J connectivity index is 2.69. The molecule has 0 aliphatic carbocycles. The minimum Gasteiger partial charge on any atom is -0.413 e. The zero-order valence-corrected chi connectivity index (χ0v) is 33.1. The van der Waals surface area contributed by atoms with Crippen LogP contribution in [0.4, 0.5) is 13.2 Å². The number of allylic oxidation sites excluding steroid dienone is 1. The SMILES string of the molecule is C=C[C@H](C[C@@H](C/C(=C/CP(=O)(c1ccccc1)c1ccccc1)OS(=O)(=O)C(F)(F)F)O[Si](C)(C)C(C)(C)C)O[Si](C)(C)C(C)(C)C. The molecule has 2 rings (SSSR count). The molecule has 0 fully saturated rings. The van der Waals surface area contributed by atoms with E-state index in [4.69, 9.17) is 13.0 Å². The van der Waals surface area contributed by atoms with Crippen LogP contribution in [-0.2, 0) is 27.7 Å². The second kappa shape index (κ2) is 15.3. The molecule has 0 amide bonds. The van der Waals surface area contributed by atoms with Gasteiger partial charge in [-0.2, -0.15) is 21.6 Å². The van der Waals surface area contributed by atoms with E-state index >= 15 is 0 Å². The molecule has 0 N–H and O–H groups in total. The minimum atomic E-state index is -6.04. The van der Waals surface area contributed by atoms with Crippen molar-refractivity contribution in [2.45, 2.75) is 108 Å². The van der Waals surface area contributed by atoms with Gasteiger partial charge in [0, 0.05) is 29.6 Å². The highest BCUT2D eigenvalue weighted by atomic mass is 32.2. The van der Waals surface area contributed by atoms with Crippen molar-refractivity contribution >= 4 is 44.5 Å². The molecule has 13 heteroatoms. The lowest BCUT2D eigenvalue weighted by Crippen LogP contribution is -2.47. The predicted molar refractivity (Wildman–Crippen MR) is 192 cm³/mol. The summed E-state index contributed by atoms with van der Waals surface area (Å²) in [5.74, 6) is -0.492. The lowest BCUT2D eigenvalue weighted by Gasteiger charge is -2.42. The van der Waals surface area contributed by atoms with E-state index in [2.05, 4.69) is 40.4 Å². The topological polar surface area (TPSA) is 78.9 Å². The molecule has 0 radical (unpaired) electrons. The van der Waals surface area contributed by atoms with Crippen molar-refractivity contribution in [3.8, 4) is 0 Å². The molecule has 0 saturated heterocycles. The van der Waals surface area contributed by atoms with E-state index in [-0.39, 0.29) is 29.1 Å². The minimum absolute atomic E-state index is 0.130. The van der Waals surface area contributed by atoms with Crippen LogP contribution >= 0.6 is 7.14 Å². The molecule has 2 aromatic carbocycles. The van der Waals surface area contributed by atoms with E-state index in [1.807, 2.05) is 33.9 Å². The Bertz CT molecular complexity index is 1470. The van der Waals surface area contributed by atoms with Gasteiger partial charge in [0.2, 0.25) is 0 Å². The third-order valence-corrected chi connectivity index (χ3v) is 22.1. The van der Waals surface area contributed by atoms with Crippen LogP contribution in [-0.4, -0.2) is 48.9 Å². The number of alkyl halides is 3. The monoisotopic (exact) mass is 732 g/mol. The normalized spacial score (nSPS) is 15.6. The summed E-state index contributed by atoms with van der Waals surface area (Å²) in [6, 6.07) is 17.2. The summed E-state index contributed by atoms with van der Waals surface area (Å²) in [6.45, 7) is 24.5. The van der Waals surface area contributed by atoms with Crippen molar-refractivity contribution in [1.29, 1.82) is 0 Å². The number of hydrogen-bond acceptors (Lipinski definition) is 6. The van der Waals surface area contributed by atoms with Crippen LogP contribution < -0.4 is 10.6 Å². The molecule has 264 valence electrons. The second-order valence-electron chi connectivity index (χ2n) is 14.8. The predicted octanol–water partition coefficient (Wildman–Crippen LogP) is 9.50. The van der Waals surface area contributed by atoms with Crippen LogP contribution in [0.1, 0.15) is 54.4 Å². The van der Waals surface area contributed by atoms with Gasteiger partial charge in [0.25, 0.3) is 0 Å². The van der Waals surface area contributed by atoms with Gasteiger partial charge in [-0.15, -0.1) is 6.58 Å². The van der Waals surface area contributed by atoms with E-state index in [9.17, 15) is 26.2 Å². The summed E-state index contributed by atoms with van der Waals surface area (Å²) in [4.78, 5) is 0. The fourth-order valence-electron chi connectivity index (χ4n) is 4.27. The molecule has 47 heavy (non-hydrogen) atoms. The highest BCUT2D eigenvalue weighted by molar-refractivity contribution is 7.87. The summed E-state index contributed by atoms with van der Waals surface area (Å²) < 4.78 is 98.7. The second-order valence-corrected chi connectivity index (χ2v) is 28.8. The first-order valence-electron chi connectivity index (χ1n) is 15.6. The van der Waals surface area contributed by atoms with E-state index < -0.39 is 57.4 Å². The molecule has 0 saturated carbocycles. The van der Waals surface area contributed by atoms with Gasteiger partial charge in [0.15, 0.2) is 16.6 Å². The quantitative estimate of drug-likeness (QED) is 0.0454. The first-order chi connectivity index (χ1) is 21.3. The lowest BCUT2D eigenvalue weighted by molar-refractivity contribution is -0.0526. The number of benzene rings is 2. The maximum Gasteiger partial charge on any atom is 0.534 e. The van der Waals surface area contributed by atoms with Crippen molar-refractivity contribution in [3.63, 3.8) is 0 Å². The summed E-state index contributed by atoms with van der Waals surface area (Å²) in [6.07, 6.45) is 1.14. The average molecular weight is 733 g/mol. The van der Waals surface area contributed by atoms with Crippen molar-refractivity contribution in [2.75, 3.05) is 6.16 Å². The highest BCUT2D eigenvalue weighted by Gasteiger charge is 2.49. The summed E-state index contributed by atoms with van der Waals surface area (Å²) >= 11 is 0. The van der Waals surface area contributed by atoms with Crippen LogP contribution in [0.15, 0.2) is 85.2 Å². The smallest absolute Gasteiger partial charge is 0.413 e. The molecule has 0 spiro atoms. The maximum atomic E-state index is 14.7. The van der Waals surface area contributed by atoms with Gasteiger partial charge in [-0.3, -0.25) is 0 Å². The largest absolute Gasteiger partial charge is 0.534 e. The Labute approximate surface area is 282 Å². The van der Waals surface area contributed by atoms with Crippen LogP contribution in [0.25, 0.3) is 0 Å². The molecule has 0 heterocycles. The summed E-state index contributed by atoms with van der Waals surface area (Å²) in [5, 5.41) is 0.552. The van der Waals surface area contributed by atoms with E-state index in [1.54, 1.807) is 66.7 Å². The molecular formula is C34H52F3O6PSSi2. The van der Waals surface area contributed by atoms with Gasteiger partial charge in [0.05, 0.1) is 12.2 Å². The number of hydrogen-bond donors (Lipinski definition) is 0. The van der Waals surface area contributed by atoms with Gasteiger partial charge in [-0.25, -0.2) is 0 Å². The molecule has 0 aliphatic heterocycles. The Morgan fingerprint density at radius 3 is 1.64 bits per heavy atom. The molecule has 0 bridgehead atoms. The standard InChI is InChI=1S/C34H52F3O6PSSi2/c1-12-27(42-46(8,9)32(2,3)4)25-29(43-47(10,11)33(5,6)7)26-28(41-45(39,40)34(35,36)37)23-24-44(38,30-19-15-13-16-20-30)31-21-17-14-18-22-31/h12-23,27,29H,1,24-26H2,2-11H3/b28-23-/t27-,29+/m1/s1. The maximum absolute atomic E-state index is 14.7. The van der Waals surface area contributed by atoms with Gasteiger partial charge < -0.3 is 17.6 Å². The third kappa shape index (κ3) is 11.0. The average Bonchev–Trinajstić information content (AvgIpc) is 2.94. The zero-order valence-electron chi connectivity index (χ0n) is 29.4. The van der Waals surface area contributed by atoms with Crippen LogP contribution in [0, 0.1) is 0 Å². The number of halogens is 3. The molecule has 0 unspecified atom stereocenters. The Kier molecular flexibility index (Phi) is 13.4. The Hall–Kier alpha value is -1.96. The van der Waals surface area contributed by atoms with Crippen molar-refractivity contribution in [1.82, 2.24) is 0 Å². The molecular weight excluding hydrogens is 681 g/mol. The van der Waals surface area contributed by atoms with Gasteiger partial charge in [0.1, 0.15) is 12.9 Å². The summed E-state index contributed by atoms with van der Waals surface area (Å²) in [7, 11) is -14.4. The number of rotatable bonds is 15. The van der Waals surface area contributed by atoms with Crippen LogP contribution in [0.3, 0.4) is 0 Å². The van der Waals surface area contributed by atoms with E-state index in [1.165, 1.54) is 6.08 Å². The first kappa shape index (κ1) is 41.2. The lowest BCUT2D eigenvalue weighted by atomic mass is 10.1. The molecule has 2 atom stereocenters. The van der Waals surface area contributed by atoms with E-state index in [0.29, 0.717) is 10.6 Å². The van der Waals surface area contributed by atoms with Crippen LogP contribution in [0.5, 0.6) is 0 Å². The Morgan fingerprint density at radius 2 is 1.26 bits per heavy atom. The zero-order chi connectivity index (χ0) is 36.1. The van der Waals surface area contributed by atoms with Crippen LogP contribution in [0.2, 0.25) is 36.3 Å².